The molecule has 100 valence electrons. The first-order chi connectivity index (χ1) is 9.16. The van der Waals surface area contributed by atoms with Gasteiger partial charge < -0.3 is 4.90 Å². The van der Waals surface area contributed by atoms with Gasteiger partial charge in [0.1, 0.15) is 5.82 Å². The van der Waals surface area contributed by atoms with Crippen LogP contribution in [0.5, 0.6) is 0 Å². The highest BCUT2D eigenvalue weighted by atomic mass is 19.1. The zero-order valence-corrected chi connectivity index (χ0v) is 10.7. The van der Waals surface area contributed by atoms with Crippen molar-refractivity contribution in [3.05, 3.63) is 42.2 Å². The highest BCUT2D eigenvalue weighted by molar-refractivity contribution is 6.52. The van der Waals surface area contributed by atoms with Crippen molar-refractivity contribution in [2.45, 2.75) is 25.7 Å². The summed E-state index contributed by atoms with van der Waals surface area (Å²) >= 11 is 0. The molecule has 1 aliphatic heterocycles. The van der Waals surface area contributed by atoms with Crippen LogP contribution in [0.1, 0.15) is 36.0 Å². The van der Waals surface area contributed by atoms with Crippen molar-refractivity contribution in [1.29, 1.82) is 0 Å². The van der Waals surface area contributed by atoms with Crippen LogP contribution in [0.4, 0.5) is 10.1 Å². The molecule has 0 fully saturated rings. The van der Waals surface area contributed by atoms with E-state index < -0.39 is 17.5 Å². The molecular formula is C15H16FNO2. The van der Waals surface area contributed by atoms with Crippen LogP contribution in [0.2, 0.25) is 0 Å². The lowest BCUT2D eigenvalue weighted by molar-refractivity contribution is -0.114. The van der Waals surface area contributed by atoms with Gasteiger partial charge in [-0.1, -0.05) is 18.6 Å². The van der Waals surface area contributed by atoms with E-state index in [1.165, 1.54) is 23.1 Å². The second-order valence-corrected chi connectivity index (χ2v) is 4.56. The number of unbranched alkanes of at least 4 members (excludes halogenated alkanes) is 3. The molecule has 4 heteroatoms. The van der Waals surface area contributed by atoms with Crippen LogP contribution in [0.25, 0.3) is 0 Å². The van der Waals surface area contributed by atoms with Crippen LogP contribution in [0.15, 0.2) is 30.9 Å². The van der Waals surface area contributed by atoms with E-state index in [1.807, 2.05) is 6.08 Å². The Kier molecular flexibility index (Phi) is 4.10. The van der Waals surface area contributed by atoms with E-state index in [0.717, 1.165) is 25.7 Å². The number of halogens is 1. The predicted octanol–water partition coefficient (Wildman–Crippen LogP) is 3.10. The molecule has 19 heavy (non-hydrogen) atoms. The van der Waals surface area contributed by atoms with Crippen LogP contribution in [0, 0.1) is 5.82 Å². The molecule has 1 aromatic carbocycles. The molecule has 3 nitrogen and oxygen atoms in total. The van der Waals surface area contributed by atoms with Gasteiger partial charge in [-0.05, 0) is 31.4 Å². The first kappa shape index (κ1) is 13.5. The normalized spacial score (nSPS) is 13.8. The van der Waals surface area contributed by atoms with E-state index in [9.17, 15) is 14.0 Å². The second-order valence-electron chi connectivity index (χ2n) is 4.56. The van der Waals surface area contributed by atoms with Crippen molar-refractivity contribution in [3.63, 3.8) is 0 Å². The summed E-state index contributed by atoms with van der Waals surface area (Å²) in [5.74, 6) is -1.74. The monoisotopic (exact) mass is 261 g/mol. The number of fused-ring (bicyclic) bond motifs is 1. The molecule has 1 amide bonds. The largest absolute Gasteiger partial charge is 0.302 e. The van der Waals surface area contributed by atoms with Crippen LogP contribution in [-0.4, -0.2) is 18.2 Å². The zero-order valence-electron chi connectivity index (χ0n) is 10.7. The van der Waals surface area contributed by atoms with E-state index in [4.69, 9.17) is 0 Å². The minimum Gasteiger partial charge on any atom is -0.302 e. The molecule has 0 saturated heterocycles. The van der Waals surface area contributed by atoms with Crippen LogP contribution < -0.4 is 4.90 Å². The van der Waals surface area contributed by atoms with Crippen molar-refractivity contribution in [3.8, 4) is 0 Å². The molecule has 0 bridgehead atoms. The maximum absolute atomic E-state index is 13.8. The van der Waals surface area contributed by atoms with Gasteiger partial charge in [-0.15, -0.1) is 6.58 Å². The van der Waals surface area contributed by atoms with E-state index in [1.54, 1.807) is 0 Å². The molecule has 0 unspecified atom stereocenters. The Morgan fingerprint density at radius 3 is 2.74 bits per heavy atom. The van der Waals surface area contributed by atoms with E-state index in [-0.39, 0.29) is 11.3 Å². The number of amides is 1. The fourth-order valence-electron chi connectivity index (χ4n) is 2.26. The summed E-state index contributed by atoms with van der Waals surface area (Å²) in [5, 5.41) is 0. The number of nitrogens with zero attached hydrogens (tertiary/aromatic N) is 1. The summed E-state index contributed by atoms with van der Waals surface area (Å²) in [4.78, 5) is 24.8. The van der Waals surface area contributed by atoms with Gasteiger partial charge in [0.2, 0.25) is 0 Å². The first-order valence-corrected chi connectivity index (χ1v) is 6.42. The molecule has 0 spiro atoms. The fraction of sp³-hybridized carbons (Fsp3) is 0.333. The number of ketones is 1. The van der Waals surface area contributed by atoms with Crippen molar-refractivity contribution in [2.75, 3.05) is 11.4 Å². The molecule has 0 N–H and O–H groups in total. The lowest BCUT2D eigenvalue weighted by Gasteiger charge is -2.16. The second kappa shape index (κ2) is 5.78. The molecule has 0 aliphatic carbocycles. The Balaban J connectivity index is 2.08. The summed E-state index contributed by atoms with van der Waals surface area (Å²) < 4.78 is 13.8. The third kappa shape index (κ3) is 2.57. The molecule has 0 aromatic heterocycles. The van der Waals surface area contributed by atoms with Gasteiger partial charge in [-0.3, -0.25) is 9.59 Å². The number of benzene rings is 1. The minimum atomic E-state index is -0.621. The summed E-state index contributed by atoms with van der Waals surface area (Å²) in [5.41, 5.74) is 0.317. The van der Waals surface area contributed by atoms with Crippen LogP contribution >= 0.6 is 0 Å². The van der Waals surface area contributed by atoms with Crippen LogP contribution in [-0.2, 0) is 4.79 Å². The smallest absolute Gasteiger partial charge is 0.299 e. The Labute approximate surface area is 111 Å². The number of anilines is 1. The third-order valence-corrected chi connectivity index (χ3v) is 3.23. The molecule has 0 saturated carbocycles. The van der Waals surface area contributed by atoms with Crippen LogP contribution in [0.3, 0.4) is 0 Å². The van der Waals surface area contributed by atoms with Gasteiger partial charge in [0, 0.05) is 6.54 Å². The molecule has 1 heterocycles. The number of carbonyl (C=O) groups excluding carboxylic acids is 2. The Bertz CT molecular complexity index is 525. The number of para-hydroxylation sites is 1. The molecule has 2 rings (SSSR count). The SMILES string of the molecule is C=CCCCCCN1C(=O)C(=O)c2cccc(F)c21. The summed E-state index contributed by atoms with van der Waals surface area (Å²) in [6.45, 7) is 4.02. The third-order valence-electron chi connectivity index (χ3n) is 3.23. The fourth-order valence-corrected chi connectivity index (χ4v) is 2.26. The van der Waals surface area contributed by atoms with Crippen molar-refractivity contribution in [2.24, 2.45) is 0 Å². The quantitative estimate of drug-likeness (QED) is 0.448. The molecule has 1 aromatic rings. The predicted molar refractivity (Wildman–Crippen MR) is 71.7 cm³/mol. The van der Waals surface area contributed by atoms with Gasteiger partial charge in [0.05, 0.1) is 11.3 Å². The van der Waals surface area contributed by atoms with Gasteiger partial charge >= 0.3 is 0 Å². The molecule has 0 atom stereocenters. The van der Waals surface area contributed by atoms with Gasteiger partial charge in [0.25, 0.3) is 11.7 Å². The average molecular weight is 261 g/mol. The maximum atomic E-state index is 13.8. The number of hydrogen-bond acceptors (Lipinski definition) is 2. The van der Waals surface area contributed by atoms with Gasteiger partial charge in [-0.2, -0.15) is 0 Å². The lowest BCUT2D eigenvalue weighted by Crippen LogP contribution is -2.31. The summed E-state index contributed by atoms with van der Waals surface area (Å²) in [7, 11) is 0. The Morgan fingerprint density at radius 1 is 1.21 bits per heavy atom. The van der Waals surface area contributed by atoms with E-state index >= 15 is 0 Å². The summed E-state index contributed by atoms with van der Waals surface area (Å²) in [6, 6.07) is 4.22. The number of Topliss-reactive ketones (excluding diaryl/α,β-unsaturated/α-hetero) is 1. The number of allylic oxidation sites excluding steroid dienone is 1. The van der Waals surface area contributed by atoms with E-state index in [2.05, 4.69) is 6.58 Å². The van der Waals surface area contributed by atoms with Crippen molar-refractivity contribution < 1.29 is 14.0 Å². The highest BCUT2D eigenvalue weighted by Crippen LogP contribution is 2.31. The maximum Gasteiger partial charge on any atom is 0.299 e. The first-order valence-electron chi connectivity index (χ1n) is 6.42. The van der Waals surface area contributed by atoms with Gasteiger partial charge in [-0.25, -0.2) is 4.39 Å². The van der Waals surface area contributed by atoms with Gasteiger partial charge in [0.15, 0.2) is 0 Å². The molecular weight excluding hydrogens is 245 g/mol. The van der Waals surface area contributed by atoms with Crippen molar-refractivity contribution >= 4 is 17.4 Å². The zero-order chi connectivity index (χ0) is 13.8. The Hall–Kier alpha value is -1.97. The minimum absolute atomic E-state index is 0.140. The van der Waals surface area contributed by atoms with E-state index in [0.29, 0.717) is 6.54 Å². The number of rotatable bonds is 6. The lowest BCUT2D eigenvalue weighted by atomic mass is 10.1. The standard InChI is InChI=1S/C15H16FNO2/c1-2-3-4-5-6-10-17-13-11(14(18)15(17)19)8-7-9-12(13)16/h2,7-9H,1,3-6,10H2. The number of hydrogen-bond donors (Lipinski definition) is 0. The summed E-state index contributed by atoms with van der Waals surface area (Å²) in [6.07, 6.45) is 5.44. The number of carbonyl (C=O) groups is 2. The average Bonchev–Trinajstić information content (AvgIpc) is 2.65. The molecule has 1 aliphatic rings. The van der Waals surface area contributed by atoms with Crippen molar-refractivity contribution in [1.82, 2.24) is 0 Å². The topological polar surface area (TPSA) is 37.4 Å². The molecule has 0 radical (unpaired) electrons. The Morgan fingerprint density at radius 2 is 2.00 bits per heavy atom. The highest BCUT2D eigenvalue weighted by Gasteiger charge is 2.37.